The number of thioether (sulfide) groups is 1. The summed E-state index contributed by atoms with van der Waals surface area (Å²) in [4.78, 5) is 5.36. The molecule has 17 heavy (non-hydrogen) atoms. The van der Waals surface area contributed by atoms with Gasteiger partial charge in [0, 0.05) is 22.4 Å². The minimum atomic E-state index is 0.629. The Hall–Kier alpha value is -1.48. The zero-order valence-corrected chi connectivity index (χ0v) is 10.9. The maximum atomic E-state index is 5.81. The minimum Gasteiger partial charge on any atom is -0.383 e. The largest absolute Gasteiger partial charge is 0.383 e. The molecular weight excluding hydrogens is 228 g/mol. The number of nitrogen functional groups attached to an aromatic ring is 1. The molecule has 1 aromatic carbocycles. The predicted octanol–water partition coefficient (Wildman–Crippen LogP) is 3.57. The van der Waals surface area contributed by atoms with Gasteiger partial charge in [-0.25, -0.2) is 4.98 Å². The smallest absolute Gasteiger partial charge is 0.127 e. The van der Waals surface area contributed by atoms with Crippen LogP contribution in [0.4, 0.5) is 5.82 Å². The van der Waals surface area contributed by atoms with E-state index in [0.29, 0.717) is 5.82 Å². The fourth-order valence-corrected chi connectivity index (χ4v) is 2.53. The Morgan fingerprint density at radius 2 is 2.00 bits per heavy atom. The Labute approximate surface area is 106 Å². The fraction of sp³-hybridized carbons (Fsp3) is 0.214. The van der Waals surface area contributed by atoms with Crippen LogP contribution >= 0.6 is 11.8 Å². The Morgan fingerprint density at radius 3 is 2.71 bits per heavy atom. The van der Waals surface area contributed by atoms with Gasteiger partial charge in [0.1, 0.15) is 5.82 Å². The Balaban J connectivity index is 2.08. The highest BCUT2D eigenvalue weighted by atomic mass is 32.2. The first-order chi connectivity index (χ1) is 8.16. The van der Waals surface area contributed by atoms with Crippen LogP contribution in [0, 0.1) is 13.8 Å². The van der Waals surface area contributed by atoms with E-state index in [1.54, 1.807) is 18.0 Å². The van der Waals surface area contributed by atoms with E-state index in [2.05, 4.69) is 37.0 Å². The average molecular weight is 244 g/mol. The zero-order valence-electron chi connectivity index (χ0n) is 10.1. The summed E-state index contributed by atoms with van der Waals surface area (Å²) in [6.07, 6.45) is 1.72. The molecule has 2 nitrogen and oxygen atoms in total. The zero-order chi connectivity index (χ0) is 12.3. The number of aryl methyl sites for hydroxylation is 2. The van der Waals surface area contributed by atoms with Gasteiger partial charge in [0.25, 0.3) is 0 Å². The molecule has 1 heterocycles. The molecule has 2 N–H and O–H groups in total. The number of hydrogen-bond donors (Lipinski definition) is 1. The first kappa shape index (κ1) is 12.0. The molecule has 0 radical (unpaired) electrons. The van der Waals surface area contributed by atoms with Crippen molar-refractivity contribution < 1.29 is 0 Å². The number of nitrogens with zero attached hydrogens (tertiary/aromatic N) is 1. The van der Waals surface area contributed by atoms with Gasteiger partial charge in [-0.2, -0.15) is 0 Å². The monoisotopic (exact) mass is 244 g/mol. The third-order valence-corrected chi connectivity index (χ3v) is 3.84. The molecule has 2 aromatic rings. The van der Waals surface area contributed by atoms with Crippen molar-refractivity contribution in [2.45, 2.75) is 24.5 Å². The van der Waals surface area contributed by atoms with E-state index < -0.39 is 0 Å². The lowest BCUT2D eigenvalue weighted by Crippen LogP contribution is -1.95. The molecule has 3 heteroatoms. The summed E-state index contributed by atoms with van der Waals surface area (Å²) in [5.41, 5.74) is 9.56. The second-order valence-electron chi connectivity index (χ2n) is 4.08. The maximum absolute atomic E-state index is 5.81. The molecule has 0 saturated carbocycles. The lowest BCUT2D eigenvalue weighted by Gasteiger charge is -2.06. The van der Waals surface area contributed by atoms with Crippen LogP contribution in [-0.2, 0) is 5.75 Å². The molecule has 0 amide bonds. The van der Waals surface area contributed by atoms with Crippen LogP contribution in [0.1, 0.15) is 16.7 Å². The van der Waals surface area contributed by atoms with Gasteiger partial charge in [-0.15, -0.1) is 11.8 Å². The van der Waals surface area contributed by atoms with Crippen LogP contribution in [0.3, 0.4) is 0 Å². The van der Waals surface area contributed by atoms with Crippen molar-refractivity contribution in [2.75, 3.05) is 5.73 Å². The number of nitrogens with two attached hydrogens (primary N) is 1. The molecule has 88 valence electrons. The summed E-state index contributed by atoms with van der Waals surface area (Å²) in [6, 6.07) is 10.5. The molecule has 0 atom stereocenters. The second kappa shape index (κ2) is 5.23. The van der Waals surface area contributed by atoms with E-state index in [1.807, 2.05) is 12.1 Å². The van der Waals surface area contributed by atoms with E-state index in [9.17, 15) is 0 Å². The molecule has 0 aliphatic carbocycles. The van der Waals surface area contributed by atoms with E-state index in [-0.39, 0.29) is 0 Å². The molecule has 0 unspecified atom stereocenters. The lowest BCUT2D eigenvalue weighted by atomic mass is 10.1. The van der Waals surface area contributed by atoms with Gasteiger partial charge in [-0.05, 0) is 43.2 Å². The SMILES string of the molecule is Cc1ccc(SCc2cccnc2N)cc1C. The summed E-state index contributed by atoms with van der Waals surface area (Å²) in [6.45, 7) is 4.26. The van der Waals surface area contributed by atoms with Gasteiger partial charge in [0.2, 0.25) is 0 Å². The van der Waals surface area contributed by atoms with Crippen molar-refractivity contribution in [3.05, 3.63) is 53.2 Å². The fourth-order valence-electron chi connectivity index (χ4n) is 1.54. The van der Waals surface area contributed by atoms with Gasteiger partial charge >= 0.3 is 0 Å². The summed E-state index contributed by atoms with van der Waals surface area (Å²) in [5.74, 6) is 1.49. The quantitative estimate of drug-likeness (QED) is 0.839. The highest BCUT2D eigenvalue weighted by Gasteiger charge is 2.01. The van der Waals surface area contributed by atoms with E-state index >= 15 is 0 Å². The lowest BCUT2D eigenvalue weighted by molar-refractivity contribution is 1.25. The third-order valence-electron chi connectivity index (χ3n) is 2.80. The highest BCUT2D eigenvalue weighted by molar-refractivity contribution is 7.98. The van der Waals surface area contributed by atoms with Gasteiger partial charge in [0.05, 0.1) is 0 Å². The Kier molecular flexibility index (Phi) is 3.69. The number of hydrogen-bond acceptors (Lipinski definition) is 3. The second-order valence-corrected chi connectivity index (χ2v) is 5.13. The number of aromatic nitrogens is 1. The third kappa shape index (κ3) is 3.01. The van der Waals surface area contributed by atoms with Crippen molar-refractivity contribution in [2.24, 2.45) is 0 Å². The Morgan fingerprint density at radius 1 is 1.18 bits per heavy atom. The standard InChI is InChI=1S/C14H16N2S/c1-10-5-6-13(8-11(10)2)17-9-12-4-3-7-16-14(12)15/h3-8H,9H2,1-2H3,(H2,15,16). The van der Waals surface area contributed by atoms with Crippen molar-refractivity contribution in [1.82, 2.24) is 4.98 Å². The minimum absolute atomic E-state index is 0.629. The summed E-state index contributed by atoms with van der Waals surface area (Å²) < 4.78 is 0. The van der Waals surface area contributed by atoms with Crippen LogP contribution in [-0.4, -0.2) is 4.98 Å². The first-order valence-electron chi connectivity index (χ1n) is 5.56. The first-order valence-corrected chi connectivity index (χ1v) is 6.55. The van der Waals surface area contributed by atoms with Crippen molar-refractivity contribution >= 4 is 17.6 Å². The maximum Gasteiger partial charge on any atom is 0.127 e. The summed E-state index contributed by atoms with van der Waals surface area (Å²) in [5, 5.41) is 0. The molecular formula is C14H16N2S. The number of pyridine rings is 1. The van der Waals surface area contributed by atoms with Crippen LogP contribution < -0.4 is 5.73 Å². The van der Waals surface area contributed by atoms with Crippen molar-refractivity contribution in [1.29, 1.82) is 0 Å². The highest BCUT2D eigenvalue weighted by Crippen LogP contribution is 2.26. The van der Waals surface area contributed by atoms with Gasteiger partial charge in [-0.3, -0.25) is 0 Å². The molecule has 0 aliphatic rings. The van der Waals surface area contributed by atoms with Crippen molar-refractivity contribution in [3.63, 3.8) is 0 Å². The topological polar surface area (TPSA) is 38.9 Å². The van der Waals surface area contributed by atoms with Crippen LogP contribution in [0.5, 0.6) is 0 Å². The summed E-state index contributed by atoms with van der Waals surface area (Å²) >= 11 is 1.79. The average Bonchev–Trinajstić information content (AvgIpc) is 2.32. The van der Waals surface area contributed by atoms with Crippen LogP contribution in [0.25, 0.3) is 0 Å². The van der Waals surface area contributed by atoms with Crippen LogP contribution in [0.2, 0.25) is 0 Å². The molecule has 0 aliphatic heterocycles. The summed E-state index contributed by atoms with van der Waals surface area (Å²) in [7, 11) is 0. The molecule has 1 aromatic heterocycles. The number of benzene rings is 1. The normalized spacial score (nSPS) is 10.5. The van der Waals surface area contributed by atoms with Crippen LogP contribution in [0.15, 0.2) is 41.4 Å². The van der Waals surface area contributed by atoms with E-state index in [0.717, 1.165) is 11.3 Å². The van der Waals surface area contributed by atoms with E-state index in [1.165, 1.54) is 16.0 Å². The van der Waals surface area contributed by atoms with Gasteiger partial charge in [0.15, 0.2) is 0 Å². The van der Waals surface area contributed by atoms with E-state index in [4.69, 9.17) is 5.73 Å². The molecule has 0 bridgehead atoms. The molecule has 0 saturated heterocycles. The van der Waals surface area contributed by atoms with Gasteiger partial charge < -0.3 is 5.73 Å². The predicted molar refractivity (Wildman–Crippen MR) is 74.1 cm³/mol. The Bertz CT molecular complexity index is 523. The molecule has 0 fully saturated rings. The van der Waals surface area contributed by atoms with Crippen molar-refractivity contribution in [3.8, 4) is 0 Å². The number of anilines is 1. The molecule has 2 rings (SSSR count). The van der Waals surface area contributed by atoms with Gasteiger partial charge in [-0.1, -0.05) is 12.1 Å². The number of rotatable bonds is 3. The molecule has 0 spiro atoms.